The fraction of sp³-hybridized carbons (Fsp3) is 0.375. The van der Waals surface area contributed by atoms with E-state index in [1.807, 2.05) is 18.2 Å². The van der Waals surface area contributed by atoms with Gasteiger partial charge in [0.2, 0.25) is 0 Å². The van der Waals surface area contributed by atoms with E-state index in [0.717, 1.165) is 29.3 Å². The minimum atomic E-state index is 0.183. The maximum atomic E-state index is 9.52. The molecule has 102 valence electrons. The Balaban J connectivity index is 2.07. The van der Waals surface area contributed by atoms with Crippen LogP contribution in [-0.2, 0) is 0 Å². The van der Waals surface area contributed by atoms with Crippen molar-refractivity contribution >= 4 is 16.5 Å². The molecule has 2 heterocycles. The zero-order valence-electron chi connectivity index (χ0n) is 11.5. The van der Waals surface area contributed by atoms with Crippen LogP contribution in [0.5, 0.6) is 0 Å². The number of pyridine rings is 1. The minimum absolute atomic E-state index is 0.183. The van der Waals surface area contributed by atoms with Crippen molar-refractivity contribution in [2.24, 2.45) is 0 Å². The number of nitrogens with zero attached hydrogens (tertiary/aromatic N) is 3. The number of nitriles is 1. The number of fused-ring (bicyclic) bond motifs is 1. The molecule has 4 nitrogen and oxygen atoms in total. The fourth-order valence-electron chi connectivity index (χ4n) is 3.13. The number of benzene rings is 1. The van der Waals surface area contributed by atoms with Crippen LogP contribution in [0.1, 0.15) is 25.5 Å². The number of rotatable bonds is 2. The molecule has 1 unspecified atom stereocenters. The average molecular weight is 267 g/mol. The molecular formula is C16H17N3O. The lowest BCUT2D eigenvalue weighted by molar-refractivity contribution is 0.265. The Morgan fingerprint density at radius 2 is 2.25 bits per heavy atom. The van der Waals surface area contributed by atoms with Crippen molar-refractivity contribution in [1.29, 1.82) is 5.26 Å². The van der Waals surface area contributed by atoms with Crippen molar-refractivity contribution in [1.82, 2.24) is 4.98 Å². The van der Waals surface area contributed by atoms with Crippen LogP contribution < -0.4 is 4.90 Å². The predicted octanol–water partition coefficient (Wildman–Crippen LogP) is 2.46. The Hall–Kier alpha value is -2.12. The molecule has 1 N–H and O–H groups in total. The van der Waals surface area contributed by atoms with Crippen LogP contribution in [0.4, 0.5) is 5.69 Å². The third kappa shape index (κ3) is 2.00. The van der Waals surface area contributed by atoms with E-state index in [1.54, 1.807) is 6.20 Å². The molecule has 2 atom stereocenters. The maximum absolute atomic E-state index is 9.52. The first kappa shape index (κ1) is 12.9. The zero-order chi connectivity index (χ0) is 14.1. The highest BCUT2D eigenvalue weighted by molar-refractivity contribution is 5.89. The van der Waals surface area contributed by atoms with Gasteiger partial charge in [-0.3, -0.25) is 0 Å². The van der Waals surface area contributed by atoms with Crippen molar-refractivity contribution in [2.45, 2.75) is 31.8 Å². The molecule has 1 aliphatic heterocycles. The summed E-state index contributed by atoms with van der Waals surface area (Å²) in [5.41, 5.74) is 1.57. The highest BCUT2D eigenvalue weighted by atomic mass is 16.3. The van der Waals surface area contributed by atoms with Gasteiger partial charge in [0.1, 0.15) is 11.8 Å². The van der Waals surface area contributed by atoms with E-state index in [4.69, 9.17) is 5.26 Å². The lowest BCUT2D eigenvalue weighted by Crippen LogP contribution is -2.36. The molecule has 1 fully saturated rings. The summed E-state index contributed by atoms with van der Waals surface area (Å²) in [5, 5.41) is 20.5. The van der Waals surface area contributed by atoms with Crippen molar-refractivity contribution in [2.75, 3.05) is 11.5 Å². The average Bonchev–Trinajstić information content (AvgIpc) is 2.86. The largest absolute Gasteiger partial charge is 0.394 e. The van der Waals surface area contributed by atoms with E-state index >= 15 is 0 Å². The second kappa shape index (κ2) is 5.10. The van der Waals surface area contributed by atoms with Crippen molar-refractivity contribution in [3.63, 3.8) is 0 Å². The summed E-state index contributed by atoms with van der Waals surface area (Å²) in [6.07, 6.45) is 3.79. The van der Waals surface area contributed by atoms with Gasteiger partial charge in [-0.2, -0.15) is 5.26 Å². The Labute approximate surface area is 118 Å². The van der Waals surface area contributed by atoms with Crippen molar-refractivity contribution in [3.8, 4) is 6.07 Å². The third-order valence-corrected chi connectivity index (χ3v) is 4.15. The van der Waals surface area contributed by atoms with Gasteiger partial charge in [0, 0.05) is 23.3 Å². The summed E-state index contributed by atoms with van der Waals surface area (Å²) >= 11 is 0. The van der Waals surface area contributed by atoms with Crippen LogP contribution in [-0.4, -0.2) is 28.8 Å². The van der Waals surface area contributed by atoms with Gasteiger partial charge in [0.05, 0.1) is 12.6 Å². The Kier molecular flexibility index (Phi) is 3.29. The first-order chi connectivity index (χ1) is 9.74. The monoisotopic (exact) mass is 267 g/mol. The molecule has 0 aliphatic carbocycles. The lowest BCUT2D eigenvalue weighted by atomic mass is 10.1. The van der Waals surface area contributed by atoms with Crippen LogP contribution in [0, 0.1) is 11.3 Å². The summed E-state index contributed by atoms with van der Waals surface area (Å²) in [6, 6.07) is 10.7. The topological polar surface area (TPSA) is 60.1 Å². The summed E-state index contributed by atoms with van der Waals surface area (Å²) in [5.74, 6) is 0. The van der Waals surface area contributed by atoms with Crippen LogP contribution in [0.15, 0.2) is 30.5 Å². The van der Waals surface area contributed by atoms with Gasteiger partial charge in [-0.1, -0.05) is 0 Å². The molecular weight excluding hydrogens is 250 g/mol. The zero-order valence-corrected chi connectivity index (χ0v) is 11.5. The van der Waals surface area contributed by atoms with Gasteiger partial charge in [-0.25, -0.2) is 4.98 Å². The van der Waals surface area contributed by atoms with E-state index < -0.39 is 0 Å². The number of anilines is 1. The van der Waals surface area contributed by atoms with Gasteiger partial charge in [0.15, 0.2) is 0 Å². The SMILES string of the molecule is C[C@H]1CCC(CO)N1c1ccc2c(C#N)nccc2c1. The molecule has 0 radical (unpaired) electrons. The quantitative estimate of drug-likeness (QED) is 0.908. The van der Waals surface area contributed by atoms with Crippen LogP contribution in [0.25, 0.3) is 10.8 Å². The van der Waals surface area contributed by atoms with Gasteiger partial charge in [-0.15, -0.1) is 0 Å². The highest BCUT2D eigenvalue weighted by Gasteiger charge is 2.30. The second-order valence-corrected chi connectivity index (χ2v) is 5.35. The molecule has 4 heteroatoms. The molecule has 3 rings (SSSR count). The summed E-state index contributed by atoms with van der Waals surface area (Å²) in [7, 11) is 0. The second-order valence-electron chi connectivity index (χ2n) is 5.35. The third-order valence-electron chi connectivity index (χ3n) is 4.15. The fourth-order valence-corrected chi connectivity index (χ4v) is 3.13. The van der Waals surface area contributed by atoms with Crippen molar-refractivity contribution < 1.29 is 5.11 Å². The summed E-state index contributed by atoms with van der Waals surface area (Å²) in [4.78, 5) is 6.37. The van der Waals surface area contributed by atoms with E-state index in [-0.39, 0.29) is 12.6 Å². The van der Waals surface area contributed by atoms with Crippen molar-refractivity contribution in [3.05, 3.63) is 36.2 Å². The molecule has 1 saturated heterocycles. The van der Waals surface area contributed by atoms with Gasteiger partial charge >= 0.3 is 0 Å². The van der Waals surface area contributed by atoms with Crippen LogP contribution >= 0.6 is 0 Å². The first-order valence-electron chi connectivity index (χ1n) is 6.92. The van der Waals surface area contributed by atoms with Crippen LogP contribution in [0.3, 0.4) is 0 Å². The Bertz CT molecular complexity index is 677. The number of hydrogen-bond donors (Lipinski definition) is 1. The standard InChI is InChI=1S/C16H17N3O/c1-11-2-3-14(10-20)19(11)13-4-5-15-12(8-13)6-7-18-16(15)9-17/h4-8,11,14,20H,2-3,10H2,1H3/t11-,14?/m0/s1. The molecule has 1 aromatic carbocycles. The van der Waals surface area contributed by atoms with E-state index in [9.17, 15) is 5.11 Å². The number of aliphatic hydroxyl groups is 1. The minimum Gasteiger partial charge on any atom is -0.394 e. The van der Waals surface area contributed by atoms with E-state index in [0.29, 0.717) is 11.7 Å². The normalized spacial score (nSPS) is 22.1. The molecule has 0 bridgehead atoms. The molecule has 20 heavy (non-hydrogen) atoms. The van der Waals surface area contributed by atoms with Crippen LogP contribution in [0.2, 0.25) is 0 Å². The summed E-state index contributed by atoms with van der Waals surface area (Å²) in [6.45, 7) is 2.37. The number of aliphatic hydroxyl groups excluding tert-OH is 1. The lowest BCUT2D eigenvalue weighted by Gasteiger charge is -2.30. The molecule has 0 spiro atoms. The van der Waals surface area contributed by atoms with E-state index in [1.165, 1.54) is 0 Å². The Morgan fingerprint density at radius 3 is 3.00 bits per heavy atom. The van der Waals surface area contributed by atoms with E-state index in [2.05, 4.69) is 28.9 Å². The molecule has 0 saturated carbocycles. The maximum Gasteiger partial charge on any atom is 0.148 e. The predicted molar refractivity (Wildman–Crippen MR) is 78.5 cm³/mol. The molecule has 1 aliphatic rings. The highest BCUT2D eigenvalue weighted by Crippen LogP contribution is 2.32. The Morgan fingerprint density at radius 1 is 1.40 bits per heavy atom. The molecule has 1 aromatic heterocycles. The van der Waals surface area contributed by atoms with Gasteiger partial charge in [-0.05, 0) is 49.4 Å². The van der Waals surface area contributed by atoms with Gasteiger partial charge < -0.3 is 10.0 Å². The van der Waals surface area contributed by atoms with Gasteiger partial charge in [0.25, 0.3) is 0 Å². The molecule has 0 amide bonds. The summed E-state index contributed by atoms with van der Waals surface area (Å²) < 4.78 is 0. The number of aromatic nitrogens is 1. The first-order valence-corrected chi connectivity index (χ1v) is 6.92. The molecule has 2 aromatic rings. The number of hydrogen-bond acceptors (Lipinski definition) is 4. The smallest absolute Gasteiger partial charge is 0.148 e.